The highest BCUT2D eigenvalue weighted by Gasteiger charge is 2.29. The molecule has 2 aromatic carbocycles. The van der Waals surface area contributed by atoms with Crippen LogP contribution in [0.1, 0.15) is 54.5 Å². The lowest BCUT2D eigenvalue weighted by Crippen LogP contribution is -2.35. The van der Waals surface area contributed by atoms with Crippen LogP contribution in [-0.2, 0) is 41.3 Å². The van der Waals surface area contributed by atoms with Crippen molar-refractivity contribution in [3.05, 3.63) is 57.1 Å². The van der Waals surface area contributed by atoms with Gasteiger partial charge in [0, 0.05) is 10.7 Å². The molecule has 0 saturated heterocycles. The molecule has 4 rings (SSSR count). The third kappa shape index (κ3) is 3.82. The lowest BCUT2D eigenvalue weighted by Gasteiger charge is -2.19. The van der Waals surface area contributed by atoms with E-state index in [1.165, 1.54) is 24.3 Å². The van der Waals surface area contributed by atoms with Crippen molar-refractivity contribution in [2.75, 3.05) is 5.32 Å². The Morgan fingerprint density at radius 1 is 0.967 bits per heavy atom. The Labute approximate surface area is 181 Å². The highest BCUT2D eigenvalue weighted by molar-refractivity contribution is 7.90. The van der Waals surface area contributed by atoms with E-state index in [4.69, 9.17) is 11.6 Å². The van der Waals surface area contributed by atoms with Crippen LogP contribution in [0.5, 0.6) is 0 Å². The van der Waals surface area contributed by atoms with Crippen molar-refractivity contribution in [3.63, 3.8) is 0 Å². The minimum atomic E-state index is -4.05. The lowest BCUT2D eigenvalue weighted by molar-refractivity contribution is 0.0785. The molecule has 3 N–H and O–H groups in total. The average molecular weight is 449 g/mol. The van der Waals surface area contributed by atoms with Gasteiger partial charge in [0.2, 0.25) is 0 Å². The van der Waals surface area contributed by atoms with Crippen LogP contribution in [0.3, 0.4) is 0 Å². The SMILES string of the molecule is CC(C)(O)c1ccc(S(=O)(=O)NC(=O)Nc2c3c(c(Cl)c4c2CCC4)CCC3)cc1. The number of hydrogen-bond donors (Lipinski definition) is 3. The third-order valence-electron chi connectivity index (χ3n) is 5.91. The second-order valence-corrected chi connectivity index (χ2v) is 10.5. The van der Waals surface area contributed by atoms with E-state index in [1.807, 2.05) is 0 Å². The largest absolute Gasteiger partial charge is 0.386 e. The predicted molar refractivity (Wildman–Crippen MR) is 117 cm³/mol. The molecular weight excluding hydrogens is 424 g/mol. The van der Waals surface area contributed by atoms with Crippen molar-refractivity contribution < 1.29 is 18.3 Å². The maximum atomic E-state index is 12.7. The van der Waals surface area contributed by atoms with Gasteiger partial charge >= 0.3 is 6.03 Å². The fourth-order valence-electron chi connectivity index (χ4n) is 4.40. The number of carbonyl (C=O) groups excluding carboxylic acids is 1. The fourth-order valence-corrected chi connectivity index (χ4v) is 5.73. The van der Waals surface area contributed by atoms with Crippen molar-refractivity contribution in [1.82, 2.24) is 4.72 Å². The Morgan fingerprint density at radius 2 is 1.47 bits per heavy atom. The summed E-state index contributed by atoms with van der Waals surface area (Å²) in [5.74, 6) is 0. The van der Waals surface area contributed by atoms with E-state index in [9.17, 15) is 18.3 Å². The van der Waals surface area contributed by atoms with Gasteiger partial charge in [0.05, 0.1) is 10.5 Å². The van der Waals surface area contributed by atoms with Crippen LogP contribution in [0.2, 0.25) is 5.02 Å². The normalized spacial score (nSPS) is 15.6. The van der Waals surface area contributed by atoms with E-state index in [-0.39, 0.29) is 4.90 Å². The summed E-state index contributed by atoms with van der Waals surface area (Å²) >= 11 is 6.60. The molecule has 0 bridgehead atoms. The third-order valence-corrected chi connectivity index (χ3v) is 7.71. The number of amides is 2. The summed E-state index contributed by atoms with van der Waals surface area (Å²) in [7, 11) is -4.05. The molecule has 0 atom stereocenters. The van der Waals surface area contributed by atoms with Gasteiger partial charge in [-0.1, -0.05) is 23.7 Å². The van der Waals surface area contributed by atoms with Gasteiger partial charge in [0.1, 0.15) is 0 Å². The number of urea groups is 1. The van der Waals surface area contributed by atoms with Crippen molar-refractivity contribution in [2.24, 2.45) is 0 Å². The summed E-state index contributed by atoms with van der Waals surface area (Å²) < 4.78 is 27.4. The number of aliphatic hydroxyl groups is 1. The van der Waals surface area contributed by atoms with E-state index in [2.05, 4.69) is 10.0 Å². The van der Waals surface area contributed by atoms with Gasteiger partial charge in [-0.05, 0) is 92.3 Å². The molecule has 2 aliphatic rings. The smallest absolute Gasteiger partial charge is 0.333 e. The summed E-state index contributed by atoms with van der Waals surface area (Å²) in [6, 6.07) is 5.03. The van der Waals surface area contributed by atoms with Crippen molar-refractivity contribution in [3.8, 4) is 0 Å². The van der Waals surface area contributed by atoms with Crippen LogP contribution >= 0.6 is 11.6 Å². The molecule has 2 amide bonds. The Bertz CT molecular complexity index is 1080. The number of sulfonamides is 1. The Kier molecular flexibility index (Phi) is 5.33. The molecule has 6 nitrogen and oxygen atoms in total. The number of fused-ring (bicyclic) bond motifs is 2. The zero-order valence-electron chi connectivity index (χ0n) is 17.0. The molecule has 0 saturated carbocycles. The molecule has 0 aliphatic heterocycles. The molecule has 160 valence electrons. The van der Waals surface area contributed by atoms with Gasteiger partial charge in [-0.3, -0.25) is 0 Å². The monoisotopic (exact) mass is 448 g/mol. The summed E-state index contributed by atoms with van der Waals surface area (Å²) in [6.07, 6.45) is 5.35. The molecule has 30 heavy (non-hydrogen) atoms. The summed E-state index contributed by atoms with van der Waals surface area (Å²) in [5, 5.41) is 13.7. The standard InChI is InChI=1S/C22H25ClN2O4S/c1-22(2,27)13-9-11-14(12-10-13)30(28,29)25-21(26)24-20-17-7-3-5-15(17)19(23)16-6-4-8-18(16)20/h9-12,27H,3-8H2,1-2H3,(H2,24,25,26). The van der Waals surface area contributed by atoms with E-state index in [0.29, 0.717) is 5.56 Å². The highest BCUT2D eigenvalue weighted by Crippen LogP contribution is 2.44. The first-order chi connectivity index (χ1) is 14.1. The Balaban J connectivity index is 1.57. The Morgan fingerprint density at radius 3 is 1.97 bits per heavy atom. The van der Waals surface area contributed by atoms with E-state index >= 15 is 0 Å². The maximum absolute atomic E-state index is 12.7. The van der Waals surface area contributed by atoms with Gasteiger partial charge in [-0.15, -0.1) is 0 Å². The maximum Gasteiger partial charge on any atom is 0.333 e. The molecular formula is C22H25ClN2O4S. The van der Waals surface area contributed by atoms with Gasteiger partial charge in [0.25, 0.3) is 10.0 Å². The molecule has 0 heterocycles. The van der Waals surface area contributed by atoms with Crippen molar-refractivity contribution in [2.45, 2.75) is 62.9 Å². The number of halogens is 1. The van der Waals surface area contributed by atoms with Crippen LogP contribution in [-0.4, -0.2) is 19.6 Å². The van der Waals surface area contributed by atoms with E-state index in [1.54, 1.807) is 13.8 Å². The summed E-state index contributed by atoms with van der Waals surface area (Å²) in [4.78, 5) is 12.6. The zero-order valence-corrected chi connectivity index (χ0v) is 18.6. The number of benzene rings is 2. The predicted octanol–water partition coefficient (Wildman–Crippen LogP) is 4.06. The summed E-state index contributed by atoms with van der Waals surface area (Å²) in [6.45, 7) is 3.23. The van der Waals surface area contributed by atoms with E-state index in [0.717, 1.165) is 71.5 Å². The minimum Gasteiger partial charge on any atom is -0.386 e. The minimum absolute atomic E-state index is 0.0442. The van der Waals surface area contributed by atoms with Crippen molar-refractivity contribution in [1.29, 1.82) is 0 Å². The number of anilines is 1. The molecule has 0 radical (unpaired) electrons. The molecule has 2 aromatic rings. The number of nitrogens with one attached hydrogen (secondary N) is 2. The quantitative estimate of drug-likeness (QED) is 0.657. The molecule has 0 fully saturated rings. The second-order valence-electron chi connectivity index (χ2n) is 8.45. The number of rotatable bonds is 4. The van der Waals surface area contributed by atoms with Gasteiger partial charge in [-0.2, -0.15) is 0 Å². The highest BCUT2D eigenvalue weighted by atomic mass is 35.5. The van der Waals surface area contributed by atoms with Gasteiger partial charge in [-0.25, -0.2) is 17.9 Å². The first-order valence-electron chi connectivity index (χ1n) is 10.1. The van der Waals surface area contributed by atoms with Crippen LogP contribution < -0.4 is 10.0 Å². The molecule has 8 heteroatoms. The van der Waals surface area contributed by atoms with Crippen LogP contribution in [0.25, 0.3) is 0 Å². The lowest BCUT2D eigenvalue weighted by atomic mass is 9.98. The average Bonchev–Trinajstić information content (AvgIpc) is 3.34. The van der Waals surface area contributed by atoms with Crippen LogP contribution in [0.4, 0.5) is 10.5 Å². The first-order valence-corrected chi connectivity index (χ1v) is 12.0. The van der Waals surface area contributed by atoms with Gasteiger partial charge < -0.3 is 10.4 Å². The molecule has 0 aromatic heterocycles. The number of hydrogen-bond acceptors (Lipinski definition) is 4. The van der Waals surface area contributed by atoms with Crippen molar-refractivity contribution >= 4 is 33.3 Å². The molecule has 0 unspecified atom stereocenters. The number of carbonyl (C=O) groups is 1. The molecule has 0 spiro atoms. The molecule has 2 aliphatic carbocycles. The Hall–Kier alpha value is -2.09. The van der Waals surface area contributed by atoms with Crippen LogP contribution in [0.15, 0.2) is 29.2 Å². The van der Waals surface area contributed by atoms with Crippen LogP contribution in [0, 0.1) is 0 Å². The second kappa shape index (κ2) is 7.55. The topological polar surface area (TPSA) is 95.5 Å². The first kappa shape index (κ1) is 21.2. The fraction of sp³-hybridized carbons (Fsp3) is 0.409. The van der Waals surface area contributed by atoms with Gasteiger partial charge in [0.15, 0.2) is 0 Å². The van der Waals surface area contributed by atoms with E-state index < -0.39 is 21.7 Å². The summed E-state index contributed by atoms with van der Waals surface area (Å²) in [5.41, 5.74) is 4.45. The zero-order chi connectivity index (χ0) is 21.7.